The van der Waals surface area contributed by atoms with Crippen molar-refractivity contribution in [3.63, 3.8) is 0 Å². The van der Waals surface area contributed by atoms with Crippen LogP contribution in [0.4, 0.5) is 0 Å². The Bertz CT molecular complexity index is 1160. The normalized spacial score (nSPS) is 11.3. The summed E-state index contributed by atoms with van der Waals surface area (Å²) < 4.78 is 7.01. The standard InChI is InChI=1S/C24H29N5O4/c1-6-29-22-18(13-25-29)17(12-19(26-22)16-10-8-7-9-11-16)23(32)33-15-21(31)28(5)14-20(30)27-24(2,3)4/h7-13H,6,14-15H2,1-5H3,(H,27,30). The van der Waals surface area contributed by atoms with Crippen molar-refractivity contribution in [2.75, 3.05) is 20.2 Å². The molecule has 0 bridgehead atoms. The zero-order chi connectivity index (χ0) is 24.2. The number of amides is 2. The highest BCUT2D eigenvalue weighted by Crippen LogP contribution is 2.25. The van der Waals surface area contributed by atoms with E-state index in [0.29, 0.717) is 23.3 Å². The van der Waals surface area contributed by atoms with Crippen LogP contribution in [0.3, 0.4) is 0 Å². The van der Waals surface area contributed by atoms with Crippen molar-refractivity contribution in [1.29, 1.82) is 0 Å². The van der Waals surface area contributed by atoms with Crippen molar-refractivity contribution < 1.29 is 19.1 Å². The van der Waals surface area contributed by atoms with E-state index in [4.69, 9.17) is 4.74 Å². The van der Waals surface area contributed by atoms with Crippen LogP contribution in [0.2, 0.25) is 0 Å². The number of carbonyl (C=O) groups excluding carboxylic acids is 3. The molecule has 1 N–H and O–H groups in total. The zero-order valence-corrected chi connectivity index (χ0v) is 19.6. The third-order valence-electron chi connectivity index (χ3n) is 4.85. The Morgan fingerprint density at radius 1 is 1.15 bits per heavy atom. The van der Waals surface area contributed by atoms with Crippen molar-refractivity contribution in [3.05, 3.63) is 48.2 Å². The summed E-state index contributed by atoms with van der Waals surface area (Å²) in [5, 5.41) is 7.64. The van der Waals surface area contributed by atoms with E-state index < -0.39 is 24.0 Å². The molecule has 0 atom stereocenters. The average Bonchev–Trinajstić information content (AvgIpc) is 3.18. The highest BCUT2D eigenvalue weighted by Gasteiger charge is 2.22. The second-order valence-electron chi connectivity index (χ2n) is 8.74. The number of carbonyl (C=O) groups is 3. The maximum Gasteiger partial charge on any atom is 0.339 e. The van der Waals surface area contributed by atoms with Gasteiger partial charge in [0, 0.05) is 24.7 Å². The van der Waals surface area contributed by atoms with Crippen molar-refractivity contribution in [2.45, 2.75) is 39.8 Å². The van der Waals surface area contributed by atoms with Crippen LogP contribution in [0.15, 0.2) is 42.6 Å². The molecule has 1 aromatic carbocycles. The van der Waals surface area contributed by atoms with Gasteiger partial charge in [-0.15, -0.1) is 0 Å². The molecule has 0 aliphatic rings. The van der Waals surface area contributed by atoms with Crippen LogP contribution in [0.1, 0.15) is 38.1 Å². The molecule has 3 rings (SSSR count). The monoisotopic (exact) mass is 451 g/mol. The highest BCUT2D eigenvalue weighted by molar-refractivity contribution is 6.04. The minimum absolute atomic E-state index is 0.130. The van der Waals surface area contributed by atoms with E-state index in [1.807, 2.05) is 58.0 Å². The quantitative estimate of drug-likeness (QED) is 0.554. The fraction of sp³-hybridized carbons (Fsp3) is 0.375. The Kier molecular flexibility index (Phi) is 7.10. The maximum atomic E-state index is 12.9. The van der Waals surface area contributed by atoms with Gasteiger partial charge < -0.3 is 15.0 Å². The number of benzene rings is 1. The molecule has 0 unspecified atom stereocenters. The topological polar surface area (TPSA) is 106 Å². The Balaban J connectivity index is 1.77. The predicted octanol–water partition coefficient (Wildman–Crippen LogP) is 2.65. The number of rotatable bonds is 7. The molecular formula is C24H29N5O4. The molecule has 0 fully saturated rings. The van der Waals surface area contributed by atoms with E-state index in [2.05, 4.69) is 15.4 Å². The van der Waals surface area contributed by atoms with Gasteiger partial charge in [-0.05, 0) is 33.8 Å². The molecule has 2 heterocycles. The number of aryl methyl sites for hydroxylation is 1. The number of pyridine rings is 1. The number of nitrogens with zero attached hydrogens (tertiary/aromatic N) is 4. The summed E-state index contributed by atoms with van der Waals surface area (Å²) >= 11 is 0. The summed E-state index contributed by atoms with van der Waals surface area (Å²) in [6.07, 6.45) is 1.57. The summed E-state index contributed by atoms with van der Waals surface area (Å²) in [7, 11) is 1.49. The van der Waals surface area contributed by atoms with Crippen LogP contribution in [0, 0.1) is 0 Å². The summed E-state index contributed by atoms with van der Waals surface area (Å²) in [5.41, 5.74) is 1.89. The molecule has 174 valence electrons. The molecule has 9 nitrogen and oxygen atoms in total. The van der Waals surface area contributed by atoms with Crippen molar-refractivity contribution >= 4 is 28.8 Å². The van der Waals surface area contributed by atoms with E-state index in [0.717, 1.165) is 5.56 Å². The van der Waals surface area contributed by atoms with Gasteiger partial charge in [-0.25, -0.2) is 14.5 Å². The summed E-state index contributed by atoms with van der Waals surface area (Å²) in [6, 6.07) is 11.1. The molecule has 0 saturated carbocycles. The number of aromatic nitrogens is 3. The van der Waals surface area contributed by atoms with Crippen molar-refractivity contribution in [3.8, 4) is 11.3 Å². The Labute approximate surface area is 192 Å². The number of ether oxygens (including phenoxy) is 1. The lowest BCUT2D eigenvalue weighted by molar-refractivity contribution is -0.137. The van der Waals surface area contributed by atoms with E-state index in [9.17, 15) is 14.4 Å². The van der Waals surface area contributed by atoms with E-state index in [-0.39, 0.29) is 18.0 Å². The predicted molar refractivity (Wildman–Crippen MR) is 124 cm³/mol. The van der Waals surface area contributed by atoms with E-state index in [1.54, 1.807) is 16.9 Å². The third kappa shape index (κ3) is 5.94. The second-order valence-corrected chi connectivity index (χ2v) is 8.74. The van der Waals surface area contributed by atoms with Gasteiger partial charge in [0.25, 0.3) is 5.91 Å². The van der Waals surface area contributed by atoms with Crippen molar-refractivity contribution in [2.24, 2.45) is 0 Å². The first-order valence-corrected chi connectivity index (χ1v) is 10.7. The largest absolute Gasteiger partial charge is 0.452 e. The molecule has 0 saturated heterocycles. The average molecular weight is 452 g/mol. The van der Waals surface area contributed by atoms with Gasteiger partial charge >= 0.3 is 5.97 Å². The van der Waals surface area contributed by atoms with E-state index >= 15 is 0 Å². The maximum absolute atomic E-state index is 12.9. The van der Waals surface area contributed by atoms with Gasteiger partial charge in [0.2, 0.25) is 5.91 Å². The minimum Gasteiger partial charge on any atom is -0.452 e. The summed E-state index contributed by atoms with van der Waals surface area (Å²) in [6.45, 7) is 7.48. The number of fused-ring (bicyclic) bond motifs is 1. The Morgan fingerprint density at radius 2 is 1.85 bits per heavy atom. The number of hydrogen-bond acceptors (Lipinski definition) is 6. The van der Waals surface area contributed by atoms with E-state index in [1.165, 1.54) is 11.9 Å². The van der Waals surface area contributed by atoms with Gasteiger partial charge in [0.05, 0.1) is 29.4 Å². The molecular weight excluding hydrogens is 422 g/mol. The lowest BCUT2D eigenvalue weighted by Gasteiger charge is -2.23. The molecule has 0 spiro atoms. The molecule has 0 aliphatic heterocycles. The van der Waals surface area contributed by atoms with Crippen LogP contribution in [0.25, 0.3) is 22.3 Å². The fourth-order valence-electron chi connectivity index (χ4n) is 3.28. The van der Waals surface area contributed by atoms with Gasteiger partial charge in [0.1, 0.15) is 0 Å². The van der Waals surface area contributed by atoms with Gasteiger partial charge in [0.15, 0.2) is 12.3 Å². The van der Waals surface area contributed by atoms with Crippen LogP contribution in [0.5, 0.6) is 0 Å². The fourth-order valence-corrected chi connectivity index (χ4v) is 3.28. The van der Waals surface area contributed by atoms with Crippen LogP contribution >= 0.6 is 0 Å². The minimum atomic E-state index is -0.656. The Hall–Kier alpha value is -3.75. The number of esters is 1. The molecule has 2 amide bonds. The Morgan fingerprint density at radius 3 is 2.48 bits per heavy atom. The highest BCUT2D eigenvalue weighted by atomic mass is 16.5. The summed E-state index contributed by atoms with van der Waals surface area (Å²) in [4.78, 5) is 43.3. The first-order valence-electron chi connectivity index (χ1n) is 10.7. The van der Waals surface area contributed by atoms with Crippen molar-refractivity contribution in [1.82, 2.24) is 25.0 Å². The lowest BCUT2D eigenvalue weighted by Crippen LogP contribution is -2.46. The molecule has 2 aromatic heterocycles. The molecule has 0 aliphatic carbocycles. The first-order chi connectivity index (χ1) is 15.6. The second kappa shape index (κ2) is 9.81. The van der Waals surface area contributed by atoms with Gasteiger partial charge in [-0.3, -0.25) is 9.59 Å². The zero-order valence-electron chi connectivity index (χ0n) is 19.6. The molecule has 0 radical (unpaired) electrons. The number of likely N-dealkylation sites (N-methyl/N-ethyl adjacent to an activating group) is 1. The van der Waals surface area contributed by atoms with Crippen LogP contribution in [-0.2, 0) is 20.9 Å². The molecule has 33 heavy (non-hydrogen) atoms. The first kappa shape index (κ1) is 23.9. The number of nitrogens with one attached hydrogen (secondary N) is 1. The number of hydrogen-bond donors (Lipinski definition) is 1. The molecule has 9 heteroatoms. The van der Waals surface area contributed by atoms with Gasteiger partial charge in [-0.1, -0.05) is 30.3 Å². The smallest absolute Gasteiger partial charge is 0.339 e. The van der Waals surface area contributed by atoms with Crippen LogP contribution < -0.4 is 5.32 Å². The molecule has 3 aromatic rings. The third-order valence-corrected chi connectivity index (χ3v) is 4.85. The summed E-state index contributed by atoms with van der Waals surface area (Å²) in [5.74, 6) is -1.43. The SMILES string of the molecule is CCn1ncc2c(C(=O)OCC(=O)N(C)CC(=O)NC(C)(C)C)cc(-c3ccccc3)nc21. The van der Waals surface area contributed by atoms with Crippen LogP contribution in [-0.4, -0.2) is 63.2 Å². The van der Waals surface area contributed by atoms with Gasteiger partial charge in [-0.2, -0.15) is 5.10 Å². The lowest BCUT2D eigenvalue weighted by atomic mass is 10.1.